The Bertz CT molecular complexity index is 1750. The number of aromatic nitrogens is 2. The molecule has 39 heavy (non-hydrogen) atoms. The van der Waals surface area contributed by atoms with Gasteiger partial charge in [-0.15, -0.1) is 0 Å². The average Bonchev–Trinajstić information content (AvgIpc) is 3.68. The summed E-state index contributed by atoms with van der Waals surface area (Å²) in [6.45, 7) is 2.33. The number of nitrogens with zero attached hydrogens (tertiary/aromatic N) is 3. The van der Waals surface area contributed by atoms with E-state index >= 15 is 0 Å². The Morgan fingerprint density at radius 3 is 2.67 bits per heavy atom. The van der Waals surface area contributed by atoms with E-state index in [2.05, 4.69) is 101 Å². The minimum atomic E-state index is 0.435. The van der Waals surface area contributed by atoms with Crippen molar-refractivity contribution in [3.63, 3.8) is 0 Å². The molecule has 4 aliphatic carbocycles. The highest BCUT2D eigenvalue weighted by molar-refractivity contribution is 5.91. The maximum absolute atomic E-state index is 4.97. The Labute approximate surface area is 229 Å². The van der Waals surface area contributed by atoms with Crippen LogP contribution in [0.5, 0.6) is 0 Å². The Morgan fingerprint density at radius 1 is 0.846 bits per heavy atom. The predicted molar refractivity (Wildman–Crippen MR) is 159 cm³/mol. The Kier molecular flexibility index (Phi) is 4.77. The normalized spacial score (nSPS) is 27.8. The van der Waals surface area contributed by atoms with Gasteiger partial charge in [-0.3, -0.25) is 4.90 Å². The van der Waals surface area contributed by atoms with Gasteiger partial charge >= 0.3 is 0 Å². The molecule has 0 bridgehead atoms. The topological polar surface area (TPSA) is 21.1 Å². The Hall–Kier alpha value is -3.69. The quantitative estimate of drug-likeness (QED) is 0.282. The van der Waals surface area contributed by atoms with E-state index < -0.39 is 0 Å². The van der Waals surface area contributed by atoms with Crippen LogP contribution in [0.4, 0.5) is 0 Å². The van der Waals surface area contributed by atoms with Crippen molar-refractivity contribution >= 4 is 21.8 Å². The summed E-state index contributed by atoms with van der Waals surface area (Å²) in [4.78, 5) is 7.73. The molecule has 4 atom stereocenters. The van der Waals surface area contributed by atoms with Gasteiger partial charge in [0.2, 0.25) is 0 Å². The van der Waals surface area contributed by atoms with E-state index in [9.17, 15) is 0 Å². The fourth-order valence-corrected chi connectivity index (χ4v) is 8.70. The van der Waals surface area contributed by atoms with E-state index in [1.165, 1.54) is 51.3 Å². The highest BCUT2D eigenvalue weighted by atomic mass is 15.2. The lowest BCUT2D eigenvalue weighted by Gasteiger charge is -2.36. The van der Waals surface area contributed by atoms with Crippen molar-refractivity contribution in [2.24, 2.45) is 11.8 Å². The van der Waals surface area contributed by atoms with E-state index in [4.69, 9.17) is 4.98 Å². The van der Waals surface area contributed by atoms with Gasteiger partial charge in [0, 0.05) is 41.7 Å². The molecule has 0 amide bonds. The van der Waals surface area contributed by atoms with Crippen LogP contribution < -0.4 is 0 Å². The first kappa shape index (κ1) is 22.2. The first-order valence-electron chi connectivity index (χ1n) is 14.8. The molecule has 2 fully saturated rings. The summed E-state index contributed by atoms with van der Waals surface area (Å²) < 4.78 is 2.56. The van der Waals surface area contributed by atoms with Gasteiger partial charge in [-0.2, -0.15) is 0 Å². The van der Waals surface area contributed by atoms with E-state index in [1.807, 2.05) is 6.20 Å². The zero-order valence-corrected chi connectivity index (χ0v) is 22.2. The van der Waals surface area contributed by atoms with E-state index in [1.54, 1.807) is 11.1 Å². The molecule has 1 saturated heterocycles. The van der Waals surface area contributed by atoms with Crippen molar-refractivity contribution in [2.75, 3.05) is 13.1 Å². The maximum atomic E-state index is 4.97. The highest BCUT2D eigenvalue weighted by Crippen LogP contribution is 2.52. The van der Waals surface area contributed by atoms with Crippen LogP contribution in [0, 0.1) is 11.8 Å². The van der Waals surface area contributed by atoms with Crippen molar-refractivity contribution < 1.29 is 0 Å². The maximum Gasteiger partial charge on any atom is 0.140 e. The molecule has 2 aromatic carbocycles. The fourth-order valence-electron chi connectivity index (χ4n) is 8.70. The summed E-state index contributed by atoms with van der Waals surface area (Å²) in [5.74, 6) is 1.65. The summed E-state index contributed by atoms with van der Waals surface area (Å²) >= 11 is 0. The number of allylic oxidation sites excluding steroid dienone is 8. The first-order chi connectivity index (χ1) is 19.3. The zero-order valence-electron chi connectivity index (χ0n) is 22.2. The summed E-state index contributed by atoms with van der Waals surface area (Å²) in [7, 11) is 0. The Morgan fingerprint density at radius 2 is 1.74 bits per heavy atom. The van der Waals surface area contributed by atoms with Crippen LogP contribution in [0.25, 0.3) is 21.8 Å². The van der Waals surface area contributed by atoms with Gasteiger partial charge in [0.15, 0.2) is 0 Å². The van der Waals surface area contributed by atoms with Gasteiger partial charge in [-0.1, -0.05) is 78.4 Å². The molecule has 1 aliphatic heterocycles. The summed E-state index contributed by atoms with van der Waals surface area (Å²) in [5, 5.41) is 4.28. The molecule has 0 radical (unpaired) electrons. The van der Waals surface area contributed by atoms with Crippen molar-refractivity contribution in [2.45, 2.75) is 43.7 Å². The molecule has 1 saturated carbocycles. The van der Waals surface area contributed by atoms with Gasteiger partial charge in [0.05, 0.1) is 0 Å². The summed E-state index contributed by atoms with van der Waals surface area (Å²) in [6, 6.07) is 19.1. The van der Waals surface area contributed by atoms with Crippen LogP contribution in [0.3, 0.4) is 0 Å². The van der Waals surface area contributed by atoms with E-state index in [0.717, 1.165) is 25.9 Å². The van der Waals surface area contributed by atoms with Crippen molar-refractivity contribution in [3.05, 3.63) is 125 Å². The van der Waals surface area contributed by atoms with Crippen LogP contribution in [0.15, 0.2) is 109 Å². The van der Waals surface area contributed by atoms with Gasteiger partial charge < -0.3 is 4.57 Å². The molecule has 4 unspecified atom stereocenters. The molecule has 0 N–H and O–H groups in total. The van der Waals surface area contributed by atoms with Crippen LogP contribution in [0.1, 0.15) is 54.0 Å². The highest BCUT2D eigenvalue weighted by Gasteiger charge is 2.43. The van der Waals surface area contributed by atoms with Crippen molar-refractivity contribution in [3.8, 4) is 0 Å². The smallest absolute Gasteiger partial charge is 0.140 e. The third kappa shape index (κ3) is 3.23. The second-order valence-electron chi connectivity index (χ2n) is 12.2. The molecule has 5 aliphatic rings. The second kappa shape index (κ2) is 8.40. The van der Waals surface area contributed by atoms with Gasteiger partial charge in [0.25, 0.3) is 0 Å². The fraction of sp³-hybridized carbons (Fsp3) is 0.306. The molecule has 9 rings (SSSR count). The molecule has 3 heteroatoms. The third-order valence-corrected chi connectivity index (χ3v) is 10.4. The molecule has 0 spiro atoms. The Balaban J connectivity index is 1.01. The average molecular weight is 508 g/mol. The molecular weight excluding hydrogens is 474 g/mol. The van der Waals surface area contributed by atoms with Gasteiger partial charge in [0.1, 0.15) is 5.65 Å². The molecule has 4 aromatic rings. The van der Waals surface area contributed by atoms with Crippen LogP contribution >= 0.6 is 0 Å². The van der Waals surface area contributed by atoms with Crippen molar-refractivity contribution in [1.29, 1.82) is 0 Å². The number of hydrogen-bond donors (Lipinski definition) is 0. The molecule has 3 nitrogen and oxygen atoms in total. The lowest BCUT2D eigenvalue weighted by molar-refractivity contribution is 0.155. The molecular formula is C36H33N3. The third-order valence-electron chi connectivity index (χ3n) is 10.4. The number of likely N-dealkylation sites (tertiary alicyclic amines) is 1. The molecule has 3 heterocycles. The summed E-state index contributed by atoms with van der Waals surface area (Å²) in [6.07, 6.45) is 23.1. The second-order valence-corrected chi connectivity index (χ2v) is 12.2. The SMILES string of the molecule is C1=CC2=CC=CC3C2C(=C1)CC3n1cc(C2CCN(C3Cc4cccc5cccc3c45)CC2)c2cccnc21. The number of hydrogen-bond acceptors (Lipinski definition) is 2. The molecule has 2 aromatic heterocycles. The largest absolute Gasteiger partial charge is 0.328 e. The minimum Gasteiger partial charge on any atom is -0.328 e. The lowest BCUT2D eigenvalue weighted by Crippen LogP contribution is -2.36. The van der Waals surface area contributed by atoms with Crippen LogP contribution in [-0.2, 0) is 6.42 Å². The number of benzene rings is 2. The van der Waals surface area contributed by atoms with E-state index in [0.29, 0.717) is 29.8 Å². The van der Waals surface area contributed by atoms with Gasteiger partial charge in [-0.05, 0) is 89.9 Å². The number of pyridine rings is 1. The number of rotatable bonds is 3. The molecule has 192 valence electrons. The monoisotopic (exact) mass is 507 g/mol. The lowest BCUT2D eigenvalue weighted by atomic mass is 9.79. The number of piperidine rings is 1. The number of fused-ring (bicyclic) bond motifs is 1. The van der Waals surface area contributed by atoms with Crippen LogP contribution in [-0.4, -0.2) is 27.5 Å². The van der Waals surface area contributed by atoms with Crippen LogP contribution in [0.2, 0.25) is 0 Å². The van der Waals surface area contributed by atoms with Gasteiger partial charge in [-0.25, -0.2) is 4.98 Å². The minimum absolute atomic E-state index is 0.435. The summed E-state index contributed by atoms with van der Waals surface area (Å²) in [5.41, 5.74) is 8.83. The first-order valence-corrected chi connectivity index (χ1v) is 14.8. The predicted octanol–water partition coefficient (Wildman–Crippen LogP) is 7.84. The zero-order chi connectivity index (χ0) is 25.5. The standard InChI is InChI=1S/C36H33N3/c1-6-24-8-3-12-29-32(20-26(10-1)34(24)29)38-18-15-23(16-19-38)31-22-39(36-28(31)14-5-17-37-36)33-21-27-11-2-7-25-9-4-13-30(33)35(25)27/h1-14,17,22-23,30,32-33,35H,15-16,18-21H2. The van der Waals surface area contributed by atoms with E-state index in [-0.39, 0.29) is 0 Å². The van der Waals surface area contributed by atoms with Crippen molar-refractivity contribution in [1.82, 2.24) is 14.5 Å².